The Labute approximate surface area is 90.1 Å². The summed E-state index contributed by atoms with van der Waals surface area (Å²) in [5, 5.41) is 13.7. The van der Waals surface area contributed by atoms with Crippen molar-refractivity contribution in [3.63, 3.8) is 0 Å². The molecule has 1 aromatic heterocycles. The highest BCUT2D eigenvalue weighted by Gasteiger charge is 2.53. The van der Waals surface area contributed by atoms with E-state index in [-0.39, 0.29) is 5.91 Å². The number of aliphatic carboxylic acids is 1. The van der Waals surface area contributed by atoms with Crippen LogP contribution in [0.25, 0.3) is 0 Å². The topological polar surface area (TPSA) is 79.3 Å². The van der Waals surface area contributed by atoms with Gasteiger partial charge in [-0.2, -0.15) is 0 Å². The van der Waals surface area contributed by atoms with Crippen molar-refractivity contribution in [3.8, 4) is 0 Å². The number of carboxylic acid groups (broad SMARTS) is 1. The molecular formula is C9H10N2O3S. The lowest BCUT2D eigenvalue weighted by molar-refractivity contribution is -0.140. The molecule has 0 bridgehead atoms. The summed E-state index contributed by atoms with van der Waals surface area (Å²) in [6, 6.07) is 0. The third-order valence-electron chi connectivity index (χ3n) is 2.44. The first kappa shape index (κ1) is 10.1. The lowest BCUT2D eigenvalue weighted by atomic mass is 10.1. The smallest absolute Gasteiger partial charge is 0.315 e. The zero-order valence-corrected chi connectivity index (χ0v) is 8.93. The van der Waals surface area contributed by atoms with Gasteiger partial charge in [-0.25, -0.2) is 4.98 Å². The second-order valence-corrected chi connectivity index (χ2v) is 4.46. The summed E-state index contributed by atoms with van der Waals surface area (Å²) in [6.07, 6.45) is 1.26. The van der Waals surface area contributed by atoms with Gasteiger partial charge in [0.15, 0.2) is 5.13 Å². The van der Waals surface area contributed by atoms with Crippen LogP contribution in [0.15, 0.2) is 5.38 Å². The fraction of sp³-hybridized carbons (Fsp3) is 0.444. The molecule has 0 radical (unpaired) electrons. The highest BCUT2D eigenvalue weighted by molar-refractivity contribution is 7.14. The number of carboxylic acids is 1. The number of carbonyl (C=O) groups is 2. The van der Waals surface area contributed by atoms with Crippen molar-refractivity contribution in [3.05, 3.63) is 11.1 Å². The molecule has 0 unspecified atom stereocenters. The Balaban J connectivity index is 2.21. The Morgan fingerprint density at radius 3 is 2.73 bits per heavy atom. The van der Waals surface area contributed by atoms with E-state index in [1.165, 1.54) is 18.3 Å². The van der Waals surface area contributed by atoms with Crippen molar-refractivity contribution >= 4 is 28.3 Å². The number of amides is 1. The summed E-state index contributed by atoms with van der Waals surface area (Å²) in [6.45, 7) is 1.39. The number of carbonyl (C=O) groups excluding carboxylic acids is 1. The van der Waals surface area contributed by atoms with Crippen LogP contribution < -0.4 is 5.32 Å². The molecule has 0 saturated heterocycles. The number of nitrogens with one attached hydrogen (secondary N) is 1. The summed E-state index contributed by atoms with van der Waals surface area (Å²) in [5.74, 6) is -1.03. The lowest BCUT2D eigenvalue weighted by Crippen LogP contribution is -2.20. The molecule has 1 aliphatic carbocycles. The summed E-state index contributed by atoms with van der Waals surface area (Å²) >= 11 is 1.26. The van der Waals surface area contributed by atoms with Crippen LogP contribution in [0.1, 0.15) is 25.5 Å². The molecule has 2 N–H and O–H groups in total. The molecule has 5 nitrogen and oxygen atoms in total. The molecule has 6 heteroatoms. The standard InChI is InChI=1S/C9H10N2O3S/c1-5(12)10-8-11-6(4-15-8)9(2-3-9)7(13)14/h4H,2-3H2,1H3,(H,13,14)(H,10,11,12). The molecule has 1 saturated carbocycles. The van der Waals surface area contributed by atoms with E-state index in [9.17, 15) is 9.59 Å². The van der Waals surface area contributed by atoms with Gasteiger partial charge in [0.2, 0.25) is 5.91 Å². The maximum atomic E-state index is 11.0. The summed E-state index contributed by atoms with van der Waals surface area (Å²) in [4.78, 5) is 25.9. The van der Waals surface area contributed by atoms with Gasteiger partial charge in [-0.05, 0) is 12.8 Å². The fourth-order valence-electron chi connectivity index (χ4n) is 1.41. The normalized spacial score (nSPS) is 17.1. The van der Waals surface area contributed by atoms with E-state index < -0.39 is 11.4 Å². The van der Waals surface area contributed by atoms with Crippen molar-refractivity contribution < 1.29 is 14.7 Å². The largest absolute Gasteiger partial charge is 0.481 e. The van der Waals surface area contributed by atoms with Crippen LogP contribution >= 0.6 is 11.3 Å². The average Bonchev–Trinajstić information content (AvgIpc) is 2.83. The molecule has 80 valence electrons. The first-order valence-corrected chi connectivity index (χ1v) is 5.39. The van der Waals surface area contributed by atoms with Crippen LogP contribution in [0, 0.1) is 0 Å². The molecule has 0 spiro atoms. The minimum Gasteiger partial charge on any atom is -0.481 e. The Morgan fingerprint density at radius 2 is 2.27 bits per heavy atom. The fourth-order valence-corrected chi connectivity index (χ4v) is 2.26. The van der Waals surface area contributed by atoms with Crippen molar-refractivity contribution in [2.75, 3.05) is 5.32 Å². The zero-order valence-electron chi connectivity index (χ0n) is 8.11. The van der Waals surface area contributed by atoms with Crippen LogP contribution in [-0.4, -0.2) is 22.0 Å². The van der Waals surface area contributed by atoms with Gasteiger partial charge in [-0.15, -0.1) is 11.3 Å². The third kappa shape index (κ3) is 1.72. The highest BCUT2D eigenvalue weighted by atomic mass is 32.1. The molecular weight excluding hydrogens is 216 g/mol. The molecule has 15 heavy (non-hydrogen) atoms. The predicted molar refractivity (Wildman–Crippen MR) is 55.0 cm³/mol. The van der Waals surface area contributed by atoms with Crippen molar-refractivity contribution in [2.45, 2.75) is 25.2 Å². The number of rotatable bonds is 3. The first-order valence-electron chi connectivity index (χ1n) is 4.51. The van der Waals surface area contributed by atoms with Gasteiger partial charge < -0.3 is 10.4 Å². The highest BCUT2D eigenvalue weighted by Crippen LogP contribution is 2.48. The van der Waals surface area contributed by atoms with Gasteiger partial charge >= 0.3 is 5.97 Å². The molecule has 1 aliphatic rings. The number of hydrogen-bond donors (Lipinski definition) is 2. The monoisotopic (exact) mass is 226 g/mol. The van der Waals surface area contributed by atoms with E-state index in [4.69, 9.17) is 5.11 Å². The Bertz CT molecular complexity index is 423. The summed E-state index contributed by atoms with van der Waals surface area (Å²) in [7, 11) is 0. The maximum absolute atomic E-state index is 11.0. The third-order valence-corrected chi connectivity index (χ3v) is 3.19. The van der Waals surface area contributed by atoms with Crippen molar-refractivity contribution in [1.82, 2.24) is 4.98 Å². The zero-order chi connectivity index (χ0) is 11.1. The molecule has 1 heterocycles. The second-order valence-electron chi connectivity index (χ2n) is 3.61. The van der Waals surface area contributed by atoms with Gasteiger partial charge in [0.05, 0.1) is 5.69 Å². The minimum absolute atomic E-state index is 0.198. The van der Waals surface area contributed by atoms with E-state index in [1.54, 1.807) is 5.38 Å². The van der Waals surface area contributed by atoms with Crippen molar-refractivity contribution in [1.29, 1.82) is 0 Å². The van der Waals surface area contributed by atoms with E-state index >= 15 is 0 Å². The number of thiazole rings is 1. The van der Waals surface area contributed by atoms with Crippen LogP contribution in [-0.2, 0) is 15.0 Å². The lowest BCUT2D eigenvalue weighted by Gasteiger charge is -2.04. The van der Waals surface area contributed by atoms with E-state index in [0.717, 1.165) is 0 Å². The minimum atomic E-state index is -0.831. The van der Waals surface area contributed by atoms with E-state index in [2.05, 4.69) is 10.3 Å². The first-order chi connectivity index (χ1) is 7.04. The molecule has 1 aromatic rings. The van der Waals surface area contributed by atoms with Crippen molar-refractivity contribution in [2.24, 2.45) is 0 Å². The second kappa shape index (κ2) is 3.30. The van der Waals surface area contributed by atoms with Crippen LogP contribution in [0.5, 0.6) is 0 Å². The number of nitrogens with zero attached hydrogens (tertiary/aromatic N) is 1. The molecule has 2 rings (SSSR count). The SMILES string of the molecule is CC(=O)Nc1nc(C2(C(=O)O)CC2)cs1. The van der Waals surface area contributed by atoms with Gasteiger partial charge in [0, 0.05) is 12.3 Å². The van der Waals surface area contributed by atoms with E-state index in [0.29, 0.717) is 23.7 Å². The van der Waals surface area contributed by atoms with Gasteiger partial charge in [0.25, 0.3) is 0 Å². The van der Waals surface area contributed by atoms with Crippen LogP contribution in [0.3, 0.4) is 0 Å². The Morgan fingerprint density at radius 1 is 1.60 bits per heavy atom. The van der Waals surface area contributed by atoms with Gasteiger partial charge in [-0.3, -0.25) is 9.59 Å². The number of hydrogen-bond acceptors (Lipinski definition) is 4. The quantitative estimate of drug-likeness (QED) is 0.812. The average molecular weight is 226 g/mol. The van der Waals surface area contributed by atoms with Gasteiger partial charge in [0.1, 0.15) is 5.41 Å². The molecule has 0 aliphatic heterocycles. The Hall–Kier alpha value is -1.43. The molecule has 1 amide bonds. The Kier molecular flexibility index (Phi) is 2.22. The predicted octanol–water partition coefficient (Wildman–Crippen LogP) is 1.22. The maximum Gasteiger partial charge on any atom is 0.315 e. The number of aromatic nitrogens is 1. The molecule has 1 fully saturated rings. The molecule has 0 aromatic carbocycles. The van der Waals surface area contributed by atoms with Crippen LogP contribution in [0.2, 0.25) is 0 Å². The van der Waals surface area contributed by atoms with Crippen LogP contribution in [0.4, 0.5) is 5.13 Å². The number of anilines is 1. The van der Waals surface area contributed by atoms with Gasteiger partial charge in [-0.1, -0.05) is 0 Å². The summed E-state index contributed by atoms with van der Waals surface area (Å²) in [5.41, 5.74) is -0.225. The molecule has 0 atom stereocenters. The van der Waals surface area contributed by atoms with E-state index in [1.807, 2.05) is 0 Å². The summed E-state index contributed by atoms with van der Waals surface area (Å²) < 4.78 is 0.